The molecule has 1 aliphatic heterocycles. The zero-order valence-electron chi connectivity index (χ0n) is 11.4. The third-order valence-corrected chi connectivity index (χ3v) is 3.35. The van der Waals surface area contributed by atoms with Crippen LogP contribution < -0.4 is 5.01 Å². The van der Waals surface area contributed by atoms with Crippen LogP contribution in [0.1, 0.15) is 11.1 Å². The number of hydrazone groups is 1. The van der Waals surface area contributed by atoms with Crippen LogP contribution in [0.15, 0.2) is 59.7 Å². The second-order valence-corrected chi connectivity index (χ2v) is 4.94. The molecule has 1 amide bonds. The molecule has 0 bridgehead atoms. The fourth-order valence-corrected chi connectivity index (χ4v) is 2.18. The molecule has 2 aromatic rings. The summed E-state index contributed by atoms with van der Waals surface area (Å²) in [5.74, 6) is -3.50. The van der Waals surface area contributed by atoms with Crippen molar-refractivity contribution in [1.82, 2.24) is 0 Å². The fourth-order valence-electron chi connectivity index (χ4n) is 2.18. The van der Waals surface area contributed by atoms with Crippen molar-refractivity contribution in [2.45, 2.75) is 12.7 Å². The van der Waals surface area contributed by atoms with Crippen LogP contribution in [0.2, 0.25) is 0 Å². The average Bonchev–Trinajstić information content (AvgIpc) is 2.72. The number of benzene rings is 2. The first-order valence-electron chi connectivity index (χ1n) is 6.50. The first-order valence-corrected chi connectivity index (χ1v) is 6.50. The first kappa shape index (κ1) is 13.5. The van der Waals surface area contributed by atoms with Crippen molar-refractivity contribution in [3.63, 3.8) is 0 Å². The number of anilines is 1. The summed E-state index contributed by atoms with van der Waals surface area (Å²) >= 11 is 0. The smallest absolute Gasteiger partial charge is 0.314 e. The Labute approximate surface area is 121 Å². The van der Waals surface area contributed by atoms with Crippen molar-refractivity contribution >= 4 is 17.3 Å². The van der Waals surface area contributed by atoms with Gasteiger partial charge < -0.3 is 10.2 Å². The van der Waals surface area contributed by atoms with Gasteiger partial charge in [-0.3, -0.25) is 4.79 Å². The average molecular weight is 282 g/mol. The van der Waals surface area contributed by atoms with Gasteiger partial charge in [-0.25, -0.2) is 0 Å². The lowest BCUT2D eigenvalue weighted by Gasteiger charge is -2.17. The summed E-state index contributed by atoms with van der Waals surface area (Å²) in [5.41, 5.74) is 1.94. The molecule has 0 unspecified atom stereocenters. The van der Waals surface area contributed by atoms with Crippen LogP contribution in [0.3, 0.4) is 0 Å². The summed E-state index contributed by atoms with van der Waals surface area (Å²) in [6.45, 7) is 1.92. The third-order valence-electron chi connectivity index (χ3n) is 3.35. The Kier molecular flexibility index (Phi) is 3.08. The Bertz CT molecular complexity index is 706. The van der Waals surface area contributed by atoms with Crippen molar-refractivity contribution in [3.05, 3.63) is 65.7 Å². The van der Waals surface area contributed by atoms with Gasteiger partial charge in [0.05, 0.1) is 5.69 Å². The fraction of sp³-hybridized carbons (Fsp3) is 0.125. The monoisotopic (exact) mass is 282 g/mol. The Morgan fingerprint density at radius 2 is 1.62 bits per heavy atom. The topological polar surface area (TPSA) is 73.1 Å². The van der Waals surface area contributed by atoms with E-state index >= 15 is 0 Å². The van der Waals surface area contributed by atoms with E-state index in [0.717, 1.165) is 10.6 Å². The van der Waals surface area contributed by atoms with Crippen LogP contribution >= 0.6 is 0 Å². The van der Waals surface area contributed by atoms with Gasteiger partial charge >= 0.3 is 5.91 Å². The van der Waals surface area contributed by atoms with Gasteiger partial charge in [-0.05, 0) is 19.1 Å². The minimum Gasteiger partial charge on any atom is -0.353 e. The standard InChI is InChI=1S/C16H14N2O3/c1-11-7-9-12(10-8-11)14-16(20,21)15(19)18(17-14)13-5-3-2-4-6-13/h2-10,20-21H,1H3. The second-order valence-electron chi connectivity index (χ2n) is 4.94. The molecule has 0 radical (unpaired) electrons. The maximum atomic E-state index is 12.2. The Morgan fingerprint density at radius 3 is 2.24 bits per heavy atom. The van der Waals surface area contributed by atoms with Gasteiger partial charge in [-0.15, -0.1) is 0 Å². The number of aliphatic hydroxyl groups is 2. The number of carbonyl (C=O) groups is 1. The van der Waals surface area contributed by atoms with E-state index in [4.69, 9.17) is 0 Å². The van der Waals surface area contributed by atoms with Crippen molar-refractivity contribution in [2.24, 2.45) is 5.10 Å². The molecule has 3 rings (SSSR count). The molecular weight excluding hydrogens is 268 g/mol. The predicted molar refractivity (Wildman–Crippen MR) is 78.8 cm³/mol. The molecule has 1 aliphatic rings. The summed E-state index contributed by atoms with van der Waals surface area (Å²) in [5, 5.41) is 25.3. The van der Waals surface area contributed by atoms with Crippen LogP contribution in [0.5, 0.6) is 0 Å². The van der Waals surface area contributed by atoms with E-state index in [1.54, 1.807) is 42.5 Å². The molecule has 0 fully saturated rings. The largest absolute Gasteiger partial charge is 0.353 e. The molecule has 0 spiro atoms. The van der Waals surface area contributed by atoms with Crippen LogP contribution in [0.25, 0.3) is 0 Å². The van der Waals surface area contributed by atoms with Crippen molar-refractivity contribution in [1.29, 1.82) is 0 Å². The quantitative estimate of drug-likeness (QED) is 0.818. The number of rotatable bonds is 2. The number of nitrogens with zero attached hydrogens (tertiary/aromatic N) is 2. The SMILES string of the molecule is Cc1ccc(C2=NN(c3ccccc3)C(=O)C2(O)O)cc1. The van der Waals surface area contributed by atoms with E-state index in [1.165, 1.54) is 0 Å². The molecule has 0 aromatic heterocycles. The van der Waals surface area contributed by atoms with Crippen molar-refractivity contribution in [2.75, 3.05) is 5.01 Å². The van der Waals surface area contributed by atoms with E-state index in [-0.39, 0.29) is 5.71 Å². The molecule has 2 N–H and O–H groups in total. The van der Waals surface area contributed by atoms with Crippen molar-refractivity contribution < 1.29 is 15.0 Å². The Morgan fingerprint density at radius 1 is 1.00 bits per heavy atom. The van der Waals surface area contributed by atoms with E-state index < -0.39 is 11.7 Å². The lowest BCUT2D eigenvalue weighted by atomic mass is 10.0. The zero-order chi connectivity index (χ0) is 15.0. The first-order chi connectivity index (χ1) is 10.00. The van der Waals surface area contributed by atoms with Gasteiger partial charge in [0.2, 0.25) is 0 Å². The maximum Gasteiger partial charge on any atom is 0.314 e. The number of para-hydroxylation sites is 1. The number of carbonyl (C=O) groups excluding carboxylic acids is 1. The molecule has 2 aromatic carbocycles. The van der Waals surface area contributed by atoms with E-state index in [1.807, 2.05) is 19.1 Å². The molecule has 106 valence electrons. The van der Waals surface area contributed by atoms with Gasteiger partial charge in [0.25, 0.3) is 5.79 Å². The Hall–Kier alpha value is -2.50. The molecule has 1 heterocycles. The van der Waals surface area contributed by atoms with Crippen LogP contribution in [0.4, 0.5) is 5.69 Å². The summed E-state index contributed by atoms with van der Waals surface area (Å²) in [6, 6.07) is 15.7. The molecule has 0 saturated heterocycles. The molecule has 5 heteroatoms. The predicted octanol–water partition coefficient (Wildman–Crippen LogP) is 1.43. The Balaban J connectivity index is 2.07. The summed E-state index contributed by atoms with van der Waals surface area (Å²) in [6.07, 6.45) is 0. The molecule has 21 heavy (non-hydrogen) atoms. The van der Waals surface area contributed by atoms with Crippen LogP contribution in [-0.4, -0.2) is 27.6 Å². The van der Waals surface area contributed by atoms with E-state index in [2.05, 4.69) is 5.10 Å². The minimum absolute atomic E-state index is 0.0728. The second kappa shape index (κ2) is 4.80. The van der Waals surface area contributed by atoms with E-state index in [0.29, 0.717) is 11.3 Å². The van der Waals surface area contributed by atoms with Crippen molar-refractivity contribution in [3.8, 4) is 0 Å². The molecular formula is C16H14N2O3. The zero-order valence-corrected chi connectivity index (χ0v) is 11.4. The summed E-state index contributed by atoms with van der Waals surface area (Å²) < 4.78 is 0. The number of amides is 1. The van der Waals surface area contributed by atoms with Gasteiger partial charge in [-0.1, -0.05) is 48.0 Å². The number of hydrogen-bond acceptors (Lipinski definition) is 4. The highest BCUT2D eigenvalue weighted by molar-refractivity contribution is 6.25. The number of hydrogen-bond donors (Lipinski definition) is 2. The van der Waals surface area contributed by atoms with Gasteiger partial charge in [0, 0.05) is 5.56 Å². The van der Waals surface area contributed by atoms with Crippen LogP contribution in [0, 0.1) is 6.92 Å². The third kappa shape index (κ3) is 2.22. The highest BCUT2D eigenvalue weighted by Crippen LogP contribution is 2.27. The van der Waals surface area contributed by atoms with Crippen LogP contribution in [-0.2, 0) is 4.79 Å². The molecule has 5 nitrogen and oxygen atoms in total. The van der Waals surface area contributed by atoms with E-state index in [9.17, 15) is 15.0 Å². The highest BCUT2D eigenvalue weighted by atomic mass is 16.5. The van der Waals surface area contributed by atoms with Gasteiger partial charge in [-0.2, -0.15) is 10.1 Å². The molecule has 0 aliphatic carbocycles. The number of aryl methyl sites for hydroxylation is 1. The maximum absolute atomic E-state index is 12.2. The molecule has 0 saturated carbocycles. The highest BCUT2D eigenvalue weighted by Gasteiger charge is 2.49. The van der Waals surface area contributed by atoms with Gasteiger partial charge in [0.15, 0.2) is 0 Å². The summed E-state index contributed by atoms with van der Waals surface area (Å²) in [7, 11) is 0. The lowest BCUT2D eigenvalue weighted by molar-refractivity contribution is -0.155. The minimum atomic E-state index is -2.62. The normalized spacial score (nSPS) is 17.0. The van der Waals surface area contributed by atoms with Gasteiger partial charge in [0.1, 0.15) is 5.71 Å². The lowest BCUT2D eigenvalue weighted by Crippen LogP contribution is -2.46. The molecule has 0 atom stereocenters. The summed E-state index contributed by atoms with van der Waals surface area (Å²) in [4.78, 5) is 12.2.